The Balaban J connectivity index is 1.60. The van der Waals surface area contributed by atoms with Crippen LogP contribution < -0.4 is 21.3 Å². The molecule has 2 rings (SSSR count). The van der Waals surface area contributed by atoms with Crippen LogP contribution in [0.3, 0.4) is 0 Å². The first-order chi connectivity index (χ1) is 17.9. The fourth-order valence-electron chi connectivity index (χ4n) is 6.52. The number of nitrogens with one attached hydrogen (secondary N) is 4. The van der Waals surface area contributed by atoms with Crippen molar-refractivity contribution in [1.29, 1.82) is 0 Å². The first kappa shape index (κ1) is 33.1. The van der Waals surface area contributed by atoms with E-state index < -0.39 is 11.9 Å². The van der Waals surface area contributed by atoms with E-state index in [9.17, 15) is 9.59 Å². The summed E-state index contributed by atoms with van der Waals surface area (Å²) in [7, 11) is 0. The summed E-state index contributed by atoms with van der Waals surface area (Å²) in [6.45, 7) is 22.1. The molecule has 2 heterocycles. The summed E-state index contributed by atoms with van der Waals surface area (Å²) in [6, 6.07) is 0.564. The third-order valence-corrected chi connectivity index (χ3v) is 6.86. The Bertz CT molecular complexity index is 803. The van der Waals surface area contributed by atoms with Gasteiger partial charge in [-0.15, -0.1) is 0 Å². The normalized spacial score (nSPS) is 23.1. The summed E-state index contributed by atoms with van der Waals surface area (Å²) in [5.41, 5.74) is 1.69. The van der Waals surface area contributed by atoms with Crippen LogP contribution in [0.15, 0.2) is 23.5 Å². The van der Waals surface area contributed by atoms with Crippen molar-refractivity contribution < 1.29 is 23.8 Å². The fraction of sp³-hybridized carbons (Fsp3) is 0.800. The van der Waals surface area contributed by atoms with E-state index in [0.29, 0.717) is 0 Å². The minimum atomic E-state index is -0.406. The summed E-state index contributed by atoms with van der Waals surface area (Å²) >= 11 is 0. The third-order valence-electron chi connectivity index (χ3n) is 6.86. The number of ether oxygens (including phenoxy) is 3. The lowest BCUT2D eigenvalue weighted by molar-refractivity contribution is -0.140. The summed E-state index contributed by atoms with van der Waals surface area (Å²) < 4.78 is 15.9. The lowest BCUT2D eigenvalue weighted by Crippen LogP contribution is -2.61. The number of hydrogen-bond donors (Lipinski definition) is 4. The summed E-state index contributed by atoms with van der Waals surface area (Å²) in [5.74, 6) is -0.813. The smallest absolute Gasteiger partial charge is 0.332 e. The standard InChI is InChI=1S/C30H54N4O5/c1-21(31-23-17-27(3,4)33-28(5,6)18-23)15-25(35)38-13-11-37-12-14-39-26(36)16-22(2)32-24-19-29(7,8)34-30(9,10)20-24/h15-16,23-24,31-34H,11-14,17-20H2,1-10H3/b21-15+,22-16+. The van der Waals surface area contributed by atoms with Crippen molar-refractivity contribution in [2.75, 3.05) is 26.4 Å². The van der Waals surface area contributed by atoms with Crippen LogP contribution in [0, 0.1) is 0 Å². The van der Waals surface area contributed by atoms with Crippen molar-refractivity contribution in [3.05, 3.63) is 23.5 Å². The van der Waals surface area contributed by atoms with Gasteiger partial charge in [-0.25, -0.2) is 9.59 Å². The molecule has 0 radical (unpaired) electrons. The van der Waals surface area contributed by atoms with Crippen LogP contribution in [0.2, 0.25) is 0 Å². The predicted molar refractivity (Wildman–Crippen MR) is 155 cm³/mol. The van der Waals surface area contributed by atoms with Crippen molar-refractivity contribution in [1.82, 2.24) is 21.3 Å². The molecule has 0 spiro atoms. The zero-order valence-electron chi connectivity index (χ0n) is 26.0. The molecule has 2 fully saturated rings. The van der Waals surface area contributed by atoms with Gasteiger partial charge >= 0.3 is 11.9 Å². The molecule has 0 atom stereocenters. The van der Waals surface area contributed by atoms with Crippen molar-refractivity contribution in [3.8, 4) is 0 Å². The van der Waals surface area contributed by atoms with E-state index in [0.717, 1.165) is 37.1 Å². The highest BCUT2D eigenvalue weighted by Crippen LogP contribution is 2.30. The minimum Gasteiger partial charge on any atom is -0.460 e. The molecule has 9 heteroatoms. The van der Waals surface area contributed by atoms with Crippen LogP contribution >= 0.6 is 0 Å². The Hall–Kier alpha value is -2.10. The van der Waals surface area contributed by atoms with Gasteiger partial charge in [-0.3, -0.25) is 0 Å². The lowest BCUT2D eigenvalue weighted by Gasteiger charge is -2.47. The summed E-state index contributed by atoms with van der Waals surface area (Å²) in [6.07, 6.45) is 6.84. The molecular weight excluding hydrogens is 496 g/mol. The molecule has 0 aromatic heterocycles. The van der Waals surface area contributed by atoms with E-state index in [4.69, 9.17) is 14.2 Å². The first-order valence-electron chi connectivity index (χ1n) is 14.3. The molecule has 0 aromatic rings. The van der Waals surface area contributed by atoms with Crippen LogP contribution in [0.4, 0.5) is 0 Å². The Morgan fingerprint density at radius 2 is 0.949 bits per heavy atom. The quantitative estimate of drug-likeness (QED) is 0.164. The maximum Gasteiger partial charge on any atom is 0.332 e. The minimum absolute atomic E-state index is 0.0274. The first-order valence-corrected chi connectivity index (χ1v) is 14.3. The lowest BCUT2D eigenvalue weighted by atomic mass is 9.79. The zero-order chi connectivity index (χ0) is 29.5. The molecule has 0 unspecified atom stereocenters. The Morgan fingerprint density at radius 3 is 1.26 bits per heavy atom. The monoisotopic (exact) mass is 550 g/mol. The maximum absolute atomic E-state index is 12.2. The van der Waals surface area contributed by atoms with Gasteiger partial charge < -0.3 is 35.5 Å². The number of piperidine rings is 2. The molecular formula is C30H54N4O5. The van der Waals surface area contributed by atoms with Gasteiger partial charge in [-0.05, 0) is 94.9 Å². The zero-order valence-corrected chi connectivity index (χ0v) is 26.0. The molecule has 4 N–H and O–H groups in total. The van der Waals surface area contributed by atoms with E-state index in [2.05, 4.69) is 76.7 Å². The van der Waals surface area contributed by atoms with Gasteiger partial charge in [0.2, 0.25) is 0 Å². The molecule has 2 aliphatic heterocycles. The number of esters is 2. The highest BCUT2D eigenvalue weighted by atomic mass is 16.6. The average Bonchev–Trinajstić information content (AvgIpc) is 2.67. The summed E-state index contributed by atoms with van der Waals surface area (Å²) in [5, 5.41) is 14.2. The van der Waals surface area contributed by atoms with Gasteiger partial charge in [-0.2, -0.15) is 0 Å². The Labute approximate surface area is 236 Å². The van der Waals surface area contributed by atoms with Crippen LogP contribution in [0.5, 0.6) is 0 Å². The topological polar surface area (TPSA) is 110 Å². The number of rotatable bonds is 12. The SMILES string of the molecule is C/C(=C\C(=O)OCCOCCOC(=O)/C=C(\C)NC1CC(C)(C)NC(C)(C)C1)NC1CC(C)(C)NC(C)(C)C1. The molecule has 224 valence electrons. The van der Waals surface area contributed by atoms with Gasteiger partial charge in [0.25, 0.3) is 0 Å². The van der Waals surface area contributed by atoms with E-state index in [1.807, 2.05) is 13.8 Å². The van der Waals surface area contributed by atoms with E-state index in [1.54, 1.807) is 0 Å². The van der Waals surface area contributed by atoms with Crippen molar-refractivity contribution >= 4 is 11.9 Å². The van der Waals surface area contributed by atoms with Crippen LogP contribution in [0.25, 0.3) is 0 Å². The molecule has 0 amide bonds. The van der Waals surface area contributed by atoms with Crippen molar-refractivity contribution in [3.63, 3.8) is 0 Å². The van der Waals surface area contributed by atoms with Crippen LogP contribution in [-0.2, 0) is 23.8 Å². The molecule has 0 saturated carbocycles. The molecule has 0 aliphatic carbocycles. The average molecular weight is 551 g/mol. The van der Waals surface area contributed by atoms with E-state index in [1.165, 1.54) is 12.2 Å². The second kappa shape index (κ2) is 13.5. The Morgan fingerprint density at radius 1 is 0.641 bits per heavy atom. The predicted octanol–water partition coefficient (Wildman–Crippen LogP) is 3.69. The molecule has 2 saturated heterocycles. The second-order valence-electron chi connectivity index (χ2n) is 13.9. The van der Waals surface area contributed by atoms with Crippen LogP contribution in [0.1, 0.15) is 94.9 Å². The largest absolute Gasteiger partial charge is 0.460 e. The maximum atomic E-state index is 12.2. The van der Waals surface area contributed by atoms with Crippen molar-refractivity contribution in [2.45, 2.75) is 129 Å². The van der Waals surface area contributed by atoms with E-state index >= 15 is 0 Å². The fourth-order valence-corrected chi connectivity index (χ4v) is 6.52. The van der Waals surface area contributed by atoms with Crippen LogP contribution in [-0.4, -0.2) is 72.6 Å². The number of hydrogen-bond acceptors (Lipinski definition) is 9. The molecule has 9 nitrogen and oxygen atoms in total. The highest BCUT2D eigenvalue weighted by molar-refractivity contribution is 5.83. The van der Waals surface area contributed by atoms with Crippen molar-refractivity contribution in [2.24, 2.45) is 0 Å². The number of carbonyl (C=O) groups is 2. The summed E-state index contributed by atoms with van der Waals surface area (Å²) in [4.78, 5) is 24.3. The molecule has 39 heavy (non-hydrogen) atoms. The Kier molecular flexibility index (Phi) is 11.5. The van der Waals surface area contributed by atoms with E-state index in [-0.39, 0.29) is 60.7 Å². The number of allylic oxidation sites excluding steroid dienone is 2. The van der Waals surface area contributed by atoms with Gasteiger partial charge in [0, 0.05) is 57.8 Å². The number of carbonyl (C=O) groups excluding carboxylic acids is 2. The van der Waals surface area contributed by atoms with Gasteiger partial charge in [0.1, 0.15) is 13.2 Å². The third kappa shape index (κ3) is 13.2. The second-order valence-corrected chi connectivity index (χ2v) is 13.9. The highest BCUT2D eigenvalue weighted by Gasteiger charge is 2.38. The molecule has 0 aromatic carbocycles. The molecule has 2 aliphatic rings. The molecule has 0 bridgehead atoms. The van der Waals surface area contributed by atoms with Gasteiger partial charge in [-0.1, -0.05) is 0 Å². The van der Waals surface area contributed by atoms with Gasteiger partial charge in [0.05, 0.1) is 13.2 Å². The van der Waals surface area contributed by atoms with Gasteiger partial charge in [0.15, 0.2) is 0 Å².